The first-order valence-electron chi connectivity index (χ1n) is 31.1. The predicted molar refractivity (Wildman–Crippen MR) is 397 cm³/mol. The maximum atomic E-state index is 13.4. The summed E-state index contributed by atoms with van der Waals surface area (Å²) >= 11 is 22.8. The molecule has 0 aliphatic rings. The molecule has 0 bridgehead atoms. The summed E-state index contributed by atoms with van der Waals surface area (Å²) < 4.78 is 31.6. The molecule has 0 fully saturated rings. The zero-order chi connectivity index (χ0) is 74.5. The van der Waals surface area contributed by atoms with Gasteiger partial charge in [0.1, 0.15) is 39.5 Å². The zero-order valence-corrected chi connectivity index (χ0v) is 59.1. The van der Waals surface area contributed by atoms with Gasteiger partial charge in [-0.25, -0.2) is 0 Å². The summed E-state index contributed by atoms with van der Waals surface area (Å²) in [6.45, 7) is 5.34. The molecule has 21 nitrogen and oxygen atoms in total. The van der Waals surface area contributed by atoms with Crippen LogP contribution in [-0.4, -0.2) is 97.7 Å². The van der Waals surface area contributed by atoms with Crippen LogP contribution >= 0.6 is 47.0 Å². The number of nitrogens with two attached hydrogens (primary N) is 3. The summed E-state index contributed by atoms with van der Waals surface area (Å²) in [5.74, 6) is -1.09. The third-order valence-electron chi connectivity index (χ3n) is 16.4. The Morgan fingerprint density at radius 1 is 0.379 bits per heavy atom. The number of nitrogens with zero attached hydrogens (tertiary/aromatic N) is 3. The van der Waals surface area contributed by atoms with E-state index >= 15 is 0 Å². The smallest absolute Gasteiger partial charge is 0.315 e. The number of thiocarbonyl (C=S) groups is 1. The van der Waals surface area contributed by atoms with Gasteiger partial charge in [-0.1, -0.05) is 47.0 Å². The highest BCUT2D eigenvalue weighted by Gasteiger charge is 2.26. The largest absolute Gasteiger partial charge is 0.508 e. The molecule has 0 unspecified atom stereocenters. The number of methoxy groups -OCH3 is 3. The molecule has 103 heavy (non-hydrogen) atoms. The molecule has 9 aromatic carbocycles. The fourth-order valence-corrected chi connectivity index (χ4v) is 11.7. The monoisotopic (exact) mass is 1460 g/mol. The van der Waals surface area contributed by atoms with Crippen molar-refractivity contribution in [3.8, 4) is 34.5 Å². The van der Waals surface area contributed by atoms with E-state index in [0.717, 1.165) is 5.39 Å². The second kappa shape index (κ2) is 33.4. The number of hydrogen-bond donors (Lipinski definition) is 5. The first kappa shape index (κ1) is 75.1. The van der Waals surface area contributed by atoms with Crippen LogP contribution in [0.15, 0.2) is 200 Å². The van der Waals surface area contributed by atoms with Gasteiger partial charge < -0.3 is 51.1 Å². The Balaban J connectivity index is 0.000000169. The van der Waals surface area contributed by atoms with Gasteiger partial charge in [0, 0.05) is 81.7 Å². The summed E-state index contributed by atoms with van der Waals surface area (Å²) in [6.07, 6.45) is -0.280. The molecule has 0 spiro atoms. The van der Waals surface area contributed by atoms with E-state index in [1.165, 1.54) is 53.1 Å². The van der Waals surface area contributed by atoms with Crippen molar-refractivity contribution < 1.29 is 72.3 Å². The molecule has 0 radical (unpaired) electrons. The van der Waals surface area contributed by atoms with Crippen LogP contribution in [0.4, 0.5) is 0 Å². The summed E-state index contributed by atoms with van der Waals surface area (Å²) in [5.41, 5.74) is 24.4. The van der Waals surface area contributed by atoms with Gasteiger partial charge in [-0.15, -0.1) is 0 Å². The number of fused-ring (bicyclic) bond motifs is 3. The molecule has 12 rings (SSSR count). The van der Waals surface area contributed by atoms with Crippen molar-refractivity contribution in [3.63, 3.8) is 0 Å². The molecule has 524 valence electrons. The minimum atomic E-state index is -0.955. The number of carboxylic acids is 1. The lowest BCUT2D eigenvalue weighted by atomic mass is 10.1. The Morgan fingerprint density at radius 3 is 0.913 bits per heavy atom. The average Bonchev–Trinajstić information content (AvgIpc) is 1.62. The molecule has 0 saturated carbocycles. The van der Waals surface area contributed by atoms with Crippen molar-refractivity contribution in [3.05, 3.63) is 282 Å². The van der Waals surface area contributed by atoms with E-state index in [4.69, 9.17) is 93.0 Å². The number of halogens is 3. The standard InChI is InChI=1S/C26H21ClN2O5.C26H21ClN2O4S.C19H16ClNO4.C7H7NO2/c1-15-21(14-24(30)34-19-9-5-16(6-10-19)25(28)31)22-13-20(33-2)11-12-23(22)29(15)26(32)17-3-7-18(27)8-4-17;1-15-21(14-24(30)33-19-9-5-16(6-10-19)25(28)34)22-13-20(32-2)11-12-23(22)29(15)26(31)17-3-7-18(27)8-4-17;1-11-15(10-18(22)23)16-9-14(25-2)7-8-17(16)21(11)19(24)12-3-5-13(20)6-4-12;8-7(10)5-1-3-6(9)4-2-5/h3-13H,14H2,1-2H3,(H2,28,31);3-13H,14H2,1-2H3,(H2,28,34);3-9H,10H2,1-2H3,(H,22,23);1-4,9H,(H2,8,10). The Morgan fingerprint density at radius 2 is 0.641 bits per heavy atom. The van der Waals surface area contributed by atoms with Crippen LogP contribution in [0.3, 0.4) is 0 Å². The average molecular weight is 1460 g/mol. The summed E-state index contributed by atoms with van der Waals surface area (Å²) in [4.78, 5) is 98.5. The molecule has 12 aromatic rings. The quantitative estimate of drug-likeness (QED) is 0.0321. The Hall–Kier alpha value is -12.1. The van der Waals surface area contributed by atoms with Crippen LogP contribution in [0, 0.1) is 20.8 Å². The number of phenols is 1. The maximum absolute atomic E-state index is 13.4. The fourth-order valence-electron chi connectivity index (χ4n) is 11.2. The number of hydrogen-bond acceptors (Lipinski definition) is 15. The van der Waals surface area contributed by atoms with Gasteiger partial charge in [-0.05, 0) is 238 Å². The van der Waals surface area contributed by atoms with E-state index in [9.17, 15) is 43.5 Å². The lowest BCUT2D eigenvalue weighted by molar-refractivity contribution is -0.136. The summed E-state index contributed by atoms with van der Waals surface area (Å²) in [5, 5.41) is 21.8. The van der Waals surface area contributed by atoms with Gasteiger partial charge >= 0.3 is 17.9 Å². The van der Waals surface area contributed by atoms with Crippen LogP contribution in [0.5, 0.6) is 34.5 Å². The first-order valence-corrected chi connectivity index (χ1v) is 32.7. The SMILES string of the molecule is COc1ccc2c(c1)c(CC(=O)O)c(C)n2C(=O)c1ccc(Cl)cc1.COc1ccc2c(c1)c(CC(=O)Oc1ccc(C(N)=O)cc1)c(C)n2C(=O)c1ccc(Cl)cc1.COc1ccc2c(c1)c(CC(=O)Oc1ccc(C(N)=S)cc1)c(C)n2C(=O)c1ccc(Cl)cc1.NC(=O)c1ccc(O)cc1. The number of aromatic nitrogens is 3. The third kappa shape index (κ3) is 17.9. The minimum Gasteiger partial charge on any atom is -0.508 e. The second-order valence-electron chi connectivity index (χ2n) is 22.8. The summed E-state index contributed by atoms with van der Waals surface area (Å²) in [7, 11) is 4.66. The van der Waals surface area contributed by atoms with Crippen molar-refractivity contribution in [1.29, 1.82) is 0 Å². The Labute approximate surface area is 610 Å². The van der Waals surface area contributed by atoms with E-state index in [2.05, 4.69) is 0 Å². The van der Waals surface area contributed by atoms with Crippen molar-refractivity contribution in [2.24, 2.45) is 17.2 Å². The Kier molecular flexibility index (Phi) is 24.4. The highest BCUT2D eigenvalue weighted by molar-refractivity contribution is 7.80. The number of esters is 2. The van der Waals surface area contributed by atoms with E-state index in [1.807, 2.05) is 6.07 Å². The molecular formula is C78H65Cl3N6O15S. The normalized spacial score (nSPS) is 10.7. The number of rotatable bonds is 17. The number of carbonyl (C=O) groups is 8. The van der Waals surface area contributed by atoms with E-state index in [0.29, 0.717) is 133 Å². The molecule has 0 saturated heterocycles. The van der Waals surface area contributed by atoms with E-state index < -0.39 is 29.7 Å². The minimum absolute atomic E-state index is 0.0343. The van der Waals surface area contributed by atoms with Crippen LogP contribution < -0.4 is 40.9 Å². The number of phenolic OH excluding ortho intramolecular Hbond substituents is 1. The molecule has 3 aromatic heterocycles. The fraction of sp³-hybridized carbons (Fsp3) is 0.115. The number of aromatic hydroxyl groups is 1. The van der Waals surface area contributed by atoms with E-state index in [1.54, 1.807) is 197 Å². The van der Waals surface area contributed by atoms with Crippen molar-refractivity contribution in [1.82, 2.24) is 13.7 Å². The number of primary amides is 2. The molecule has 25 heteroatoms. The number of amides is 2. The number of ether oxygens (including phenoxy) is 5. The first-order chi connectivity index (χ1) is 49.2. The lowest BCUT2D eigenvalue weighted by Gasteiger charge is -2.08. The maximum Gasteiger partial charge on any atom is 0.315 e. The highest BCUT2D eigenvalue weighted by Crippen LogP contribution is 2.35. The van der Waals surface area contributed by atoms with Crippen LogP contribution in [0.2, 0.25) is 15.1 Å². The van der Waals surface area contributed by atoms with Crippen LogP contribution in [-0.2, 0) is 33.6 Å². The molecular weight excluding hydrogens is 1400 g/mol. The van der Waals surface area contributed by atoms with Crippen molar-refractivity contribution >= 4 is 132 Å². The van der Waals surface area contributed by atoms with Crippen molar-refractivity contribution in [2.75, 3.05) is 21.3 Å². The second-order valence-corrected chi connectivity index (χ2v) is 24.6. The van der Waals surface area contributed by atoms with Gasteiger partial charge in [0.25, 0.3) is 17.7 Å². The van der Waals surface area contributed by atoms with Gasteiger partial charge in [0.15, 0.2) is 0 Å². The molecule has 8 N–H and O–H groups in total. The number of aliphatic carboxylic acids is 1. The third-order valence-corrected chi connectivity index (χ3v) is 17.4. The van der Waals surface area contributed by atoms with Gasteiger partial charge in [0.05, 0.1) is 57.1 Å². The van der Waals surface area contributed by atoms with Gasteiger partial charge in [-0.3, -0.25) is 52.1 Å². The van der Waals surface area contributed by atoms with Crippen molar-refractivity contribution in [2.45, 2.75) is 40.0 Å². The number of carboxylic acid groups (broad SMARTS) is 1. The van der Waals surface area contributed by atoms with E-state index in [-0.39, 0.29) is 53.5 Å². The highest BCUT2D eigenvalue weighted by atomic mass is 35.5. The van der Waals surface area contributed by atoms with Gasteiger partial charge in [-0.2, -0.15) is 0 Å². The zero-order valence-electron chi connectivity index (χ0n) is 56.0. The molecule has 2 amide bonds. The summed E-state index contributed by atoms with van der Waals surface area (Å²) in [6, 6.07) is 54.3. The topological polar surface area (TPSA) is 316 Å². The van der Waals surface area contributed by atoms with Crippen LogP contribution in [0.25, 0.3) is 32.7 Å². The lowest BCUT2D eigenvalue weighted by Crippen LogP contribution is -2.15. The molecule has 3 heterocycles. The Bertz CT molecular complexity index is 5030. The molecule has 0 aliphatic carbocycles. The van der Waals surface area contributed by atoms with Gasteiger partial charge in [0.2, 0.25) is 11.8 Å². The predicted octanol–water partition coefficient (Wildman–Crippen LogP) is 14.0. The molecule has 0 aliphatic heterocycles. The number of carbonyl (C=O) groups excluding carboxylic acids is 7. The number of benzene rings is 9. The molecule has 0 atom stereocenters. The van der Waals surface area contributed by atoms with Crippen LogP contribution in [0.1, 0.15) is 91.1 Å².